The minimum absolute atomic E-state index is 0.0163. The van der Waals surface area contributed by atoms with Gasteiger partial charge in [0.15, 0.2) is 11.6 Å². The Hall–Kier alpha value is -3.16. The van der Waals surface area contributed by atoms with E-state index in [2.05, 4.69) is 9.97 Å². The van der Waals surface area contributed by atoms with Crippen molar-refractivity contribution in [1.82, 2.24) is 14.9 Å². The van der Waals surface area contributed by atoms with E-state index in [1.807, 2.05) is 6.07 Å². The van der Waals surface area contributed by atoms with Gasteiger partial charge in [0.05, 0.1) is 48.7 Å². The summed E-state index contributed by atoms with van der Waals surface area (Å²) < 4.78 is 19.0. The molecule has 1 saturated heterocycles. The molecule has 0 spiro atoms. The summed E-state index contributed by atoms with van der Waals surface area (Å²) in [6, 6.07) is 3.49. The Bertz CT molecular complexity index is 1120. The Morgan fingerprint density at radius 3 is 2.74 bits per heavy atom. The predicted octanol–water partition coefficient (Wildman–Crippen LogP) is 3.49. The van der Waals surface area contributed by atoms with Crippen molar-refractivity contribution < 1.29 is 18.7 Å². The number of amides is 3. The van der Waals surface area contributed by atoms with Crippen LogP contribution in [0.4, 0.5) is 14.9 Å². The van der Waals surface area contributed by atoms with Gasteiger partial charge in [-0.2, -0.15) is 5.26 Å². The highest BCUT2D eigenvalue weighted by molar-refractivity contribution is 8.09. The van der Waals surface area contributed by atoms with Gasteiger partial charge in [-0.1, -0.05) is 11.6 Å². The molecule has 2 unspecified atom stereocenters. The van der Waals surface area contributed by atoms with Crippen molar-refractivity contribution in [3.05, 3.63) is 53.3 Å². The summed E-state index contributed by atoms with van der Waals surface area (Å²) in [7, 11) is 1.34. The highest BCUT2D eigenvalue weighted by Crippen LogP contribution is 2.47. The number of aromatic nitrogens is 2. The molecule has 2 aliphatic rings. The second-order valence-corrected chi connectivity index (χ2v) is 8.27. The Morgan fingerprint density at radius 2 is 2.06 bits per heavy atom. The van der Waals surface area contributed by atoms with Crippen molar-refractivity contribution in [2.45, 2.75) is 17.7 Å². The first-order chi connectivity index (χ1) is 15.0. The van der Waals surface area contributed by atoms with E-state index in [-0.39, 0.29) is 29.4 Å². The molecule has 2 aliphatic heterocycles. The van der Waals surface area contributed by atoms with Crippen LogP contribution in [0.5, 0.6) is 5.75 Å². The molecule has 31 heavy (non-hydrogen) atoms. The van der Waals surface area contributed by atoms with Crippen LogP contribution in [0.25, 0.3) is 4.91 Å². The smallest absolute Gasteiger partial charge is 0.332 e. The number of nitriles is 1. The van der Waals surface area contributed by atoms with Crippen LogP contribution in [0.15, 0.2) is 36.9 Å². The van der Waals surface area contributed by atoms with Crippen LogP contribution < -0.4 is 9.64 Å². The van der Waals surface area contributed by atoms with Crippen LogP contribution in [0, 0.1) is 17.1 Å². The van der Waals surface area contributed by atoms with Gasteiger partial charge in [0.1, 0.15) is 11.6 Å². The van der Waals surface area contributed by atoms with E-state index in [0.29, 0.717) is 10.5 Å². The molecular weight excluding hydrogens is 445 g/mol. The summed E-state index contributed by atoms with van der Waals surface area (Å²) in [5.74, 6) is -1.02. The van der Waals surface area contributed by atoms with E-state index >= 15 is 0 Å². The number of hydrogen-bond acceptors (Lipinski definition) is 7. The zero-order valence-electron chi connectivity index (χ0n) is 16.2. The Kier molecular flexibility index (Phi) is 5.80. The van der Waals surface area contributed by atoms with Gasteiger partial charge in [0, 0.05) is 17.0 Å². The molecule has 1 fully saturated rings. The number of hydrogen-bond donors (Lipinski definition) is 0. The molecule has 8 nitrogen and oxygen atoms in total. The molecule has 0 aliphatic carbocycles. The van der Waals surface area contributed by atoms with E-state index in [1.54, 1.807) is 6.08 Å². The fourth-order valence-electron chi connectivity index (χ4n) is 3.50. The van der Waals surface area contributed by atoms with Crippen molar-refractivity contribution >= 4 is 45.9 Å². The number of nitrogens with zero attached hydrogens (tertiary/aromatic N) is 5. The molecule has 0 N–H and O–H groups in total. The lowest BCUT2D eigenvalue weighted by Crippen LogP contribution is -2.62. The number of halogens is 2. The molecule has 158 valence electrons. The topological polar surface area (TPSA) is 99.4 Å². The number of anilines is 1. The van der Waals surface area contributed by atoms with E-state index in [1.165, 1.54) is 48.6 Å². The molecule has 2 aromatic rings. The maximum Gasteiger partial charge on any atom is 0.332 e. The lowest BCUT2D eigenvalue weighted by atomic mass is 10.0. The molecule has 11 heteroatoms. The van der Waals surface area contributed by atoms with Crippen molar-refractivity contribution in [2.75, 3.05) is 18.6 Å². The summed E-state index contributed by atoms with van der Waals surface area (Å²) in [4.78, 5) is 37.3. The van der Waals surface area contributed by atoms with Gasteiger partial charge in [0.25, 0.3) is 5.91 Å². The van der Waals surface area contributed by atoms with Gasteiger partial charge in [-0.05, 0) is 18.2 Å². The number of ether oxygens (including phenoxy) is 1. The van der Waals surface area contributed by atoms with Gasteiger partial charge in [-0.15, -0.1) is 11.8 Å². The van der Waals surface area contributed by atoms with Gasteiger partial charge >= 0.3 is 6.03 Å². The Labute approximate surface area is 186 Å². The minimum Gasteiger partial charge on any atom is -0.494 e. The standard InChI is InChI=1S/C20H15ClFN5O3S/c1-30-16-5-12(13(21)6-14(16)22)17-7-15-18(31-17)19(28)27(11-8-24-10-25-9-11)20(29)26(15)4-2-3-23/h5-10,15,18H,2,4H2,1H3. The molecule has 4 rings (SSSR count). The number of imide groups is 1. The number of fused-ring (bicyclic) bond motifs is 1. The average Bonchev–Trinajstić information content (AvgIpc) is 3.20. The summed E-state index contributed by atoms with van der Waals surface area (Å²) in [6.07, 6.45) is 5.90. The molecule has 1 aromatic heterocycles. The molecule has 0 bridgehead atoms. The SMILES string of the molecule is COc1cc(C2=CC3C(S2)C(=O)N(c2cncnc2)C(=O)N3CCC#N)c(Cl)cc1F. The van der Waals surface area contributed by atoms with Gasteiger partial charge in [0.2, 0.25) is 0 Å². The highest BCUT2D eigenvalue weighted by Gasteiger charge is 2.49. The molecular formula is C20H15ClFN5O3S. The Morgan fingerprint density at radius 1 is 1.32 bits per heavy atom. The van der Waals surface area contributed by atoms with Crippen LogP contribution in [-0.4, -0.2) is 51.8 Å². The number of carbonyl (C=O) groups is 2. The summed E-state index contributed by atoms with van der Waals surface area (Å²) >= 11 is 7.48. The number of rotatable bonds is 5. The zero-order valence-corrected chi connectivity index (χ0v) is 17.7. The first kappa shape index (κ1) is 21.1. The Balaban J connectivity index is 1.75. The largest absolute Gasteiger partial charge is 0.494 e. The minimum atomic E-state index is -0.668. The number of benzene rings is 1. The second kappa shape index (κ2) is 8.53. The third-order valence-corrected chi connectivity index (χ3v) is 6.58. The van der Waals surface area contributed by atoms with Crippen molar-refractivity contribution in [3.8, 4) is 11.8 Å². The van der Waals surface area contributed by atoms with Crippen LogP contribution in [0.3, 0.4) is 0 Å². The van der Waals surface area contributed by atoms with Crippen LogP contribution >= 0.6 is 23.4 Å². The van der Waals surface area contributed by atoms with E-state index in [0.717, 1.165) is 11.0 Å². The quantitative estimate of drug-likeness (QED) is 0.674. The maximum atomic E-state index is 14.0. The maximum absolute atomic E-state index is 14.0. The molecule has 3 amide bonds. The number of carbonyl (C=O) groups excluding carboxylic acids is 2. The fraction of sp³-hybridized carbons (Fsp3) is 0.250. The third kappa shape index (κ3) is 3.71. The number of urea groups is 1. The second-order valence-electron chi connectivity index (χ2n) is 6.68. The fourth-order valence-corrected chi connectivity index (χ4v) is 5.17. The molecule has 0 radical (unpaired) electrons. The predicted molar refractivity (Wildman–Crippen MR) is 113 cm³/mol. The van der Waals surface area contributed by atoms with E-state index < -0.39 is 29.0 Å². The molecule has 2 atom stereocenters. The van der Waals surface area contributed by atoms with E-state index in [4.69, 9.17) is 21.6 Å². The summed E-state index contributed by atoms with van der Waals surface area (Å²) in [6.45, 7) is 0.138. The van der Waals surface area contributed by atoms with Gasteiger partial charge in [-0.25, -0.2) is 24.1 Å². The summed E-state index contributed by atoms with van der Waals surface area (Å²) in [5.41, 5.74) is 0.739. The lowest BCUT2D eigenvalue weighted by Gasteiger charge is -2.40. The number of methoxy groups -OCH3 is 1. The van der Waals surface area contributed by atoms with E-state index in [9.17, 15) is 14.0 Å². The van der Waals surface area contributed by atoms with Crippen molar-refractivity contribution in [2.24, 2.45) is 0 Å². The van der Waals surface area contributed by atoms with Crippen LogP contribution in [0.2, 0.25) is 5.02 Å². The highest BCUT2D eigenvalue weighted by atomic mass is 35.5. The monoisotopic (exact) mass is 459 g/mol. The van der Waals surface area contributed by atoms with Crippen LogP contribution in [-0.2, 0) is 4.79 Å². The number of thioether (sulfide) groups is 1. The first-order valence-electron chi connectivity index (χ1n) is 9.14. The van der Waals surface area contributed by atoms with Gasteiger partial charge < -0.3 is 9.64 Å². The van der Waals surface area contributed by atoms with Crippen molar-refractivity contribution in [1.29, 1.82) is 5.26 Å². The zero-order chi connectivity index (χ0) is 22.1. The molecule has 3 heterocycles. The normalized spacial score (nSPS) is 20.4. The molecule has 0 saturated carbocycles. The lowest BCUT2D eigenvalue weighted by molar-refractivity contribution is -0.119. The average molecular weight is 460 g/mol. The van der Waals surface area contributed by atoms with Crippen LogP contribution in [0.1, 0.15) is 12.0 Å². The third-order valence-electron chi connectivity index (χ3n) is 4.92. The summed E-state index contributed by atoms with van der Waals surface area (Å²) in [5, 5.41) is 8.52. The van der Waals surface area contributed by atoms with Gasteiger partial charge in [-0.3, -0.25) is 4.79 Å². The molecule has 1 aromatic carbocycles. The first-order valence-corrected chi connectivity index (χ1v) is 10.4. The van der Waals surface area contributed by atoms with Crippen molar-refractivity contribution in [3.63, 3.8) is 0 Å².